The Morgan fingerprint density at radius 2 is 1.93 bits per heavy atom. The summed E-state index contributed by atoms with van der Waals surface area (Å²) in [7, 11) is 0. The molecule has 8 nitrogen and oxygen atoms in total. The van der Waals surface area contributed by atoms with Gasteiger partial charge in [-0.3, -0.25) is 0 Å². The maximum atomic E-state index is 10.9. The molecule has 150 valence electrons. The molecule has 2 heterocycles. The summed E-state index contributed by atoms with van der Waals surface area (Å²) in [5.74, 6) is 1.33. The summed E-state index contributed by atoms with van der Waals surface area (Å²) in [6.45, 7) is 0.557. The number of amides is 1. The lowest BCUT2D eigenvalue weighted by molar-refractivity contribution is -0.268. The minimum absolute atomic E-state index is 0.0617. The van der Waals surface area contributed by atoms with E-state index in [4.69, 9.17) is 9.15 Å². The first kappa shape index (κ1) is 18.9. The fourth-order valence-corrected chi connectivity index (χ4v) is 3.45. The van der Waals surface area contributed by atoms with Crippen molar-refractivity contribution < 1.29 is 24.2 Å². The fraction of sp³-hybridized carbons (Fsp3) is 0.286. The fourth-order valence-electron chi connectivity index (χ4n) is 3.45. The number of hydrogen-bond donors (Lipinski definition) is 1. The third-order valence-electron chi connectivity index (χ3n) is 5.00. The Labute approximate surface area is 167 Å². The van der Waals surface area contributed by atoms with E-state index in [-0.39, 0.29) is 19.1 Å². The van der Waals surface area contributed by atoms with Crippen LogP contribution in [0.1, 0.15) is 23.8 Å². The van der Waals surface area contributed by atoms with Crippen LogP contribution in [0.15, 0.2) is 59.0 Å². The van der Waals surface area contributed by atoms with Gasteiger partial charge in [0.15, 0.2) is 6.61 Å². The van der Waals surface area contributed by atoms with Crippen LogP contribution < -0.4 is 9.84 Å². The van der Waals surface area contributed by atoms with Crippen LogP contribution in [0.3, 0.4) is 0 Å². The number of piperidine rings is 1. The number of aliphatic hydroxyl groups is 1. The predicted molar refractivity (Wildman–Crippen MR) is 101 cm³/mol. The zero-order valence-corrected chi connectivity index (χ0v) is 15.6. The topological polar surface area (TPSA) is 112 Å². The van der Waals surface area contributed by atoms with E-state index >= 15 is 0 Å². The summed E-state index contributed by atoms with van der Waals surface area (Å²) >= 11 is 0. The molecule has 1 amide bonds. The average molecular weight is 394 g/mol. The molecule has 29 heavy (non-hydrogen) atoms. The third kappa shape index (κ3) is 4.38. The monoisotopic (exact) mass is 394 g/mol. The van der Waals surface area contributed by atoms with Crippen molar-refractivity contribution in [3.63, 3.8) is 0 Å². The number of aliphatic hydroxyl groups excluding tert-OH is 1. The number of carboxylic acid groups (broad SMARTS) is 1. The number of hydrogen-bond acceptors (Lipinski definition) is 7. The summed E-state index contributed by atoms with van der Waals surface area (Å²) < 4.78 is 11.3. The first-order valence-corrected chi connectivity index (χ1v) is 9.34. The van der Waals surface area contributed by atoms with Gasteiger partial charge in [0.25, 0.3) is 5.89 Å². The van der Waals surface area contributed by atoms with E-state index in [2.05, 4.69) is 10.2 Å². The molecule has 1 saturated heterocycles. The van der Waals surface area contributed by atoms with Crippen molar-refractivity contribution in [1.29, 1.82) is 0 Å². The molecule has 0 aliphatic carbocycles. The lowest BCUT2D eigenvalue weighted by Gasteiger charge is -2.37. The highest BCUT2D eigenvalue weighted by molar-refractivity contribution is 5.62. The molecule has 8 heteroatoms. The minimum atomic E-state index is -1.25. The van der Waals surface area contributed by atoms with Crippen molar-refractivity contribution in [3.05, 3.63) is 66.1 Å². The van der Waals surface area contributed by atoms with Gasteiger partial charge in [-0.1, -0.05) is 30.3 Å². The molecule has 0 spiro atoms. The Morgan fingerprint density at radius 1 is 1.17 bits per heavy atom. The summed E-state index contributed by atoms with van der Waals surface area (Å²) in [5.41, 5.74) is 1.78. The summed E-state index contributed by atoms with van der Waals surface area (Å²) in [6, 6.07) is 16.9. The van der Waals surface area contributed by atoms with E-state index in [0.29, 0.717) is 30.5 Å². The van der Waals surface area contributed by atoms with Gasteiger partial charge in [0.05, 0.1) is 6.10 Å². The molecule has 0 bridgehead atoms. The molecule has 4 rings (SSSR count). The zero-order chi connectivity index (χ0) is 20.2. The van der Waals surface area contributed by atoms with Crippen LogP contribution in [0, 0.1) is 0 Å². The van der Waals surface area contributed by atoms with E-state index in [0.717, 1.165) is 16.0 Å². The highest BCUT2D eigenvalue weighted by Crippen LogP contribution is 2.29. The van der Waals surface area contributed by atoms with E-state index in [1.807, 2.05) is 54.6 Å². The van der Waals surface area contributed by atoms with Crippen molar-refractivity contribution in [3.8, 4) is 17.2 Å². The van der Waals surface area contributed by atoms with Gasteiger partial charge in [-0.25, -0.2) is 0 Å². The van der Waals surface area contributed by atoms with Crippen molar-refractivity contribution in [2.24, 2.45) is 0 Å². The molecular formula is C21H20N3O5-. The first-order chi connectivity index (χ1) is 14.1. The summed E-state index contributed by atoms with van der Waals surface area (Å²) in [4.78, 5) is 12.1. The van der Waals surface area contributed by atoms with Crippen molar-refractivity contribution in [2.75, 3.05) is 13.1 Å². The van der Waals surface area contributed by atoms with E-state index in [1.165, 1.54) is 0 Å². The number of ether oxygens (including phenoxy) is 1. The number of benzene rings is 2. The maximum absolute atomic E-state index is 10.9. The second kappa shape index (κ2) is 8.32. The minimum Gasteiger partial charge on any atom is -0.530 e. The Balaban J connectivity index is 1.34. The van der Waals surface area contributed by atoms with Crippen molar-refractivity contribution >= 4 is 6.09 Å². The van der Waals surface area contributed by atoms with Crippen LogP contribution in [-0.2, 0) is 6.61 Å². The second-order valence-electron chi connectivity index (χ2n) is 6.90. The Kier molecular flexibility index (Phi) is 5.44. The molecule has 3 aromatic rings. The van der Waals surface area contributed by atoms with Gasteiger partial charge in [-0.15, -0.1) is 10.2 Å². The molecule has 1 aliphatic heterocycles. The van der Waals surface area contributed by atoms with Crippen LogP contribution in [0.2, 0.25) is 0 Å². The molecule has 1 aromatic heterocycles. The van der Waals surface area contributed by atoms with E-state index in [1.54, 1.807) is 0 Å². The molecule has 0 radical (unpaired) electrons. The Bertz CT molecular complexity index is 958. The highest BCUT2D eigenvalue weighted by atomic mass is 16.5. The van der Waals surface area contributed by atoms with Gasteiger partial charge in [-0.05, 0) is 36.2 Å². The van der Waals surface area contributed by atoms with Crippen LogP contribution in [0.4, 0.5) is 4.79 Å². The molecular weight excluding hydrogens is 374 g/mol. The standard InChI is InChI=1S/C21H21N3O5/c25-18-12-24(21(26)27)11-10-17(18)14-6-8-16(9-7-14)28-13-19-22-23-20(29-19)15-4-2-1-3-5-15/h1-9,17-18,25H,10-13H2,(H,26,27)/p-1. The summed E-state index contributed by atoms with van der Waals surface area (Å²) in [5, 5.41) is 29.2. The molecule has 1 fully saturated rings. The Hall–Kier alpha value is -3.39. The predicted octanol–water partition coefficient (Wildman–Crippen LogP) is 1.81. The second-order valence-corrected chi connectivity index (χ2v) is 6.90. The van der Waals surface area contributed by atoms with E-state index < -0.39 is 12.2 Å². The zero-order valence-electron chi connectivity index (χ0n) is 15.6. The normalized spacial score (nSPS) is 19.1. The molecule has 2 unspecified atom stereocenters. The average Bonchev–Trinajstić information content (AvgIpc) is 3.22. The number of likely N-dealkylation sites (tertiary alicyclic amines) is 1. The Morgan fingerprint density at radius 3 is 2.62 bits per heavy atom. The molecule has 0 saturated carbocycles. The largest absolute Gasteiger partial charge is 0.530 e. The SMILES string of the molecule is O=C([O-])N1CCC(c2ccc(OCc3nnc(-c4ccccc4)o3)cc2)C(O)C1. The lowest BCUT2D eigenvalue weighted by Crippen LogP contribution is -2.50. The highest BCUT2D eigenvalue weighted by Gasteiger charge is 2.28. The number of carbonyl (C=O) groups excluding carboxylic acids is 1. The van der Waals surface area contributed by atoms with Crippen LogP contribution in [-0.4, -0.2) is 45.5 Å². The molecule has 1 N–H and O–H groups in total. The number of nitrogens with zero attached hydrogens (tertiary/aromatic N) is 3. The van der Waals surface area contributed by atoms with Crippen LogP contribution in [0.5, 0.6) is 5.75 Å². The van der Waals surface area contributed by atoms with Crippen LogP contribution >= 0.6 is 0 Å². The summed E-state index contributed by atoms with van der Waals surface area (Å²) in [6.07, 6.45) is -1.47. The molecule has 1 aliphatic rings. The number of β-amino-alcohol motifs (C(OH)–C–C–N with tert-alkyl or cyclic N) is 1. The smallest absolute Gasteiger partial charge is 0.254 e. The molecule has 2 aromatic carbocycles. The quantitative estimate of drug-likeness (QED) is 0.702. The molecule has 2 atom stereocenters. The van der Waals surface area contributed by atoms with Gasteiger partial charge in [-0.2, -0.15) is 0 Å². The third-order valence-corrected chi connectivity index (χ3v) is 5.00. The lowest BCUT2D eigenvalue weighted by atomic mass is 9.87. The number of rotatable bonds is 5. The van der Waals surface area contributed by atoms with Gasteiger partial charge >= 0.3 is 0 Å². The van der Waals surface area contributed by atoms with Crippen molar-refractivity contribution in [2.45, 2.75) is 25.0 Å². The van der Waals surface area contributed by atoms with Gasteiger partial charge < -0.3 is 29.1 Å². The van der Waals surface area contributed by atoms with Crippen molar-refractivity contribution in [1.82, 2.24) is 15.1 Å². The van der Waals surface area contributed by atoms with Crippen LogP contribution in [0.25, 0.3) is 11.5 Å². The maximum Gasteiger partial charge on any atom is 0.254 e. The van der Waals surface area contributed by atoms with Gasteiger partial charge in [0, 0.05) is 24.6 Å². The van der Waals surface area contributed by atoms with Gasteiger partial charge in [0.1, 0.15) is 11.8 Å². The first-order valence-electron chi connectivity index (χ1n) is 9.34. The number of aromatic nitrogens is 2. The van der Waals surface area contributed by atoms with Gasteiger partial charge in [0.2, 0.25) is 5.89 Å². The van der Waals surface area contributed by atoms with E-state index in [9.17, 15) is 15.0 Å². The number of carbonyl (C=O) groups is 1.